The Morgan fingerprint density at radius 1 is 0.889 bits per heavy atom. The van der Waals surface area contributed by atoms with Crippen LogP contribution in [0.15, 0.2) is 24.3 Å². The Bertz CT molecular complexity index is 841. The third kappa shape index (κ3) is 4.36. The Morgan fingerprint density at radius 2 is 1.37 bits per heavy atom. The molecule has 27 heavy (non-hydrogen) atoms. The normalized spacial score (nSPS) is 10.4. The number of hydrogen-bond donors (Lipinski definition) is 2. The van der Waals surface area contributed by atoms with Crippen LogP contribution in [0.3, 0.4) is 0 Å². The Hall–Kier alpha value is -3.10. The predicted octanol–water partition coefficient (Wildman–Crippen LogP) is 4.24. The van der Waals surface area contributed by atoms with E-state index < -0.39 is 40.5 Å². The van der Waals surface area contributed by atoms with Gasteiger partial charge in [0.1, 0.15) is 5.56 Å². The first kappa shape index (κ1) is 20.2. The van der Waals surface area contributed by atoms with Crippen LogP contribution in [0.1, 0.15) is 30.1 Å². The van der Waals surface area contributed by atoms with E-state index >= 15 is 0 Å². The molecule has 0 aliphatic carbocycles. The fourth-order valence-corrected chi connectivity index (χ4v) is 2.27. The van der Waals surface area contributed by atoms with E-state index in [9.17, 15) is 27.2 Å². The van der Waals surface area contributed by atoms with Crippen LogP contribution in [-0.4, -0.2) is 18.9 Å². The van der Waals surface area contributed by atoms with Gasteiger partial charge in [0.15, 0.2) is 17.4 Å². The van der Waals surface area contributed by atoms with Crippen LogP contribution < -0.4 is 15.4 Å². The monoisotopic (exact) mass is 384 g/mol. The summed E-state index contributed by atoms with van der Waals surface area (Å²) in [6.07, 6.45) is 1.01. The van der Waals surface area contributed by atoms with E-state index in [1.807, 2.05) is 6.92 Å². The van der Waals surface area contributed by atoms with Crippen LogP contribution in [0.5, 0.6) is 5.75 Å². The zero-order chi connectivity index (χ0) is 20.1. The first-order valence-corrected chi connectivity index (χ1v) is 7.91. The van der Waals surface area contributed by atoms with E-state index in [4.69, 9.17) is 0 Å². The van der Waals surface area contributed by atoms with Gasteiger partial charge in [-0.1, -0.05) is 6.92 Å². The molecule has 0 spiro atoms. The quantitative estimate of drug-likeness (QED) is 0.578. The number of rotatable bonds is 6. The van der Waals surface area contributed by atoms with Crippen LogP contribution in [0, 0.1) is 23.3 Å². The third-order valence-corrected chi connectivity index (χ3v) is 3.56. The summed E-state index contributed by atoms with van der Waals surface area (Å²) < 4.78 is 59.6. The first-order chi connectivity index (χ1) is 12.8. The van der Waals surface area contributed by atoms with E-state index in [1.54, 1.807) is 0 Å². The van der Waals surface area contributed by atoms with E-state index in [-0.39, 0.29) is 11.6 Å². The molecule has 2 N–H and O–H groups in total. The van der Waals surface area contributed by atoms with Crippen molar-refractivity contribution in [3.8, 4) is 5.75 Å². The van der Waals surface area contributed by atoms with E-state index in [2.05, 4.69) is 15.4 Å². The van der Waals surface area contributed by atoms with Gasteiger partial charge in [-0.3, -0.25) is 9.59 Å². The molecule has 2 aromatic carbocycles. The lowest BCUT2D eigenvalue weighted by molar-refractivity contribution is -0.116. The first-order valence-electron chi connectivity index (χ1n) is 7.91. The van der Waals surface area contributed by atoms with Gasteiger partial charge in [-0.15, -0.1) is 0 Å². The number of amides is 2. The SMILES string of the molecule is CCCC(=O)Nc1ccc(NC(=O)c2c(F)c(F)c(OC)c(F)c2F)cc1. The molecular formula is C18H16F4N2O3. The molecule has 0 saturated carbocycles. The molecule has 0 aromatic heterocycles. The Morgan fingerprint density at radius 3 is 1.81 bits per heavy atom. The van der Waals surface area contributed by atoms with Crippen molar-refractivity contribution in [2.24, 2.45) is 0 Å². The van der Waals surface area contributed by atoms with Gasteiger partial charge < -0.3 is 15.4 Å². The van der Waals surface area contributed by atoms with Gasteiger partial charge in [-0.05, 0) is 30.7 Å². The maximum absolute atomic E-state index is 14.0. The third-order valence-electron chi connectivity index (χ3n) is 3.56. The van der Waals surface area contributed by atoms with Crippen molar-refractivity contribution in [3.63, 3.8) is 0 Å². The van der Waals surface area contributed by atoms with Gasteiger partial charge >= 0.3 is 0 Å². The number of nitrogens with one attached hydrogen (secondary N) is 2. The van der Waals surface area contributed by atoms with E-state index in [1.165, 1.54) is 24.3 Å². The van der Waals surface area contributed by atoms with Crippen LogP contribution in [0.4, 0.5) is 28.9 Å². The van der Waals surface area contributed by atoms with Crippen molar-refractivity contribution in [1.82, 2.24) is 0 Å². The predicted molar refractivity (Wildman–Crippen MR) is 90.8 cm³/mol. The molecule has 2 amide bonds. The van der Waals surface area contributed by atoms with Crippen molar-refractivity contribution in [2.45, 2.75) is 19.8 Å². The lowest BCUT2D eigenvalue weighted by Crippen LogP contribution is -2.19. The molecule has 0 bridgehead atoms. The molecule has 0 heterocycles. The van der Waals surface area contributed by atoms with Gasteiger partial charge in [0.25, 0.3) is 5.91 Å². The second-order valence-electron chi connectivity index (χ2n) is 5.49. The number of halogens is 4. The lowest BCUT2D eigenvalue weighted by Gasteiger charge is -2.12. The van der Waals surface area contributed by atoms with E-state index in [0.29, 0.717) is 18.5 Å². The summed E-state index contributed by atoms with van der Waals surface area (Å²) in [5.41, 5.74) is -0.861. The van der Waals surface area contributed by atoms with Gasteiger partial charge in [0.05, 0.1) is 7.11 Å². The smallest absolute Gasteiger partial charge is 0.261 e. The Labute approximate surface area is 152 Å². The molecule has 0 aliphatic heterocycles. The molecule has 5 nitrogen and oxygen atoms in total. The van der Waals surface area contributed by atoms with Crippen LogP contribution in [0.25, 0.3) is 0 Å². The molecule has 0 radical (unpaired) electrons. The maximum Gasteiger partial charge on any atom is 0.261 e. The Kier molecular flexibility index (Phi) is 6.38. The molecule has 0 fully saturated rings. The molecule has 2 aromatic rings. The number of anilines is 2. The maximum atomic E-state index is 14.0. The average Bonchev–Trinajstić information content (AvgIpc) is 2.62. The standard InChI is InChI=1S/C18H16F4N2O3/c1-3-4-11(25)23-9-5-7-10(8-6-9)24-18(26)12-13(19)15(21)17(27-2)16(22)14(12)20/h5-8H,3-4H2,1-2H3,(H,23,25)(H,24,26). The average molecular weight is 384 g/mol. The highest BCUT2D eigenvalue weighted by molar-refractivity contribution is 6.05. The lowest BCUT2D eigenvalue weighted by atomic mass is 10.1. The van der Waals surface area contributed by atoms with Crippen molar-refractivity contribution < 1.29 is 31.9 Å². The summed E-state index contributed by atoms with van der Waals surface area (Å²) >= 11 is 0. The minimum atomic E-state index is -1.87. The molecule has 144 valence electrons. The second-order valence-corrected chi connectivity index (χ2v) is 5.49. The zero-order valence-electron chi connectivity index (χ0n) is 14.5. The highest BCUT2D eigenvalue weighted by atomic mass is 19.2. The summed E-state index contributed by atoms with van der Waals surface area (Å²) in [6.45, 7) is 1.85. The zero-order valence-corrected chi connectivity index (χ0v) is 14.5. The van der Waals surface area contributed by atoms with Crippen molar-refractivity contribution in [1.29, 1.82) is 0 Å². The Balaban J connectivity index is 2.22. The van der Waals surface area contributed by atoms with Gasteiger partial charge in [0, 0.05) is 17.8 Å². The molecular weight excluding hydrogens is 368 g/mol. The molecule has 0 aliphatic rings. The molecule has 0 saturated heterocycles. The summed E-state index contributed by atoms with van der Waals surface area (Å²) in [5.74, 6) is -10.2. The molecule has 2 rings (SSSR count). The number of carbonyl (C=O) groups excluding carboxylic acids is 2. The molecule has 9 heteroatoms. The summed E-state index contributed by atoms with van der Waals surface area (Å²) in [5, 5.41) is 4.75. The van der Waals surface area contributed by atoms with Crippen LogP contribution in [-0.2, 0) is 4.79 Å². The van der Waals surface area contributed by atoms with Crippen molar-refractivity contribution in [2.75, 3.05) is 17.7 Å². The number of ether oxygens (including phenoxy) is 1. The minimum Gasteiger partial charge on any atom is -0.491 e. The number of carbonyl (C=O) groups is 2. The van der Waals surface area contributed by atoms with Gasteiger partial charge in [-0.25, -0.2) is 8.78 Å². The number of benzene rings is 2. The van der Waals surface area contributed by atoms with Gasteiger partial charge in [0.2, 0.25) is 17.5 Å². The van der Waals surface area contributed by atoms with Crippen molar-refractivity contribution in [3.05, 3.63) is 53.1 Å². The highest BCUT2D eigenvalue weighted by Crippen LogP contribution is 2.30. The van der Waals surface area contributed by atoms with Crippen molar-refractivity contribution >= 4 is 23.2 Å². The topological polar surface area (TPSA) is 67.4 Å². The minimum absolute atomic E-state index is 0.101. The highest BCUT2D eigenvalue weighted by Gasteiger charge is 2.30. The largest absolute Gasteiger partial charge is 0.491 e. The summed E-state index contributed by atoms with van der Waals surface area (Å²) in [6, 6.07) is 5.60. The van der Waals surface area contributed by atoms with Crippen LogP contribution >= 0.6 is 0 Å². The summed E-state index contributed by atoms with van der Waals surface area (Å²) in [4.78, 5) is 23.6. The number of hydrogen-bond acceptors (Lipinski definition) is 3. The fourth-order valence-electron chi connectivity index (χ4n) is 2.27. The molecule has 0 unspecified atom stereocenters. The summed E-state index contributed by atoms with van der Waals surface area (Å²) in [7, 11) is 0.834. The fraction of sp³-hybridized carbons (Fsp3) is 0.222. The van der Waals surface area contributed by atoms with Crippen LogP contribution in [0.2, 0.25) is 0 Å². The molecule has 0 atom stereocenters. The second kappa shape index (κ2) is 8.52. The van der Waals surface area contributed by atoms with Gasteiger partial charge in [-0.2, -0.15) is 8.78 Å². The van der Waals surface area contributed by atoms with E-state index in [0.717, 1.165) is 7.11 Å². The number of methoxy groups -OCH3 is 1.